The molecule has 0 aliphatic carbocycles. The number of esters is 2. The van der Waals surface area contributed by atoms with Gasteiger partial charge in [0.1, 0.15) is 9.88 Å². The maximum absolute atomic E-state index is 11.6. The number of carbonyl (C=O) groups is 2. The number of anilines is 1. The normalized spacial score (nSPS) is 9.88. The van der Waals surface area contributed by atoms with Crippen LogP contribution in [0.15, 0.2) is 0 Å². The van der Waals surface area contributed by atoms with E-state index in [9.17, 15) is 9.59 Å². The zero-order chi connectivity index (χ0) is 13.0. The molecule has 0 radical (unpaired) electrons. The van der Waals surface area contributed by atoms with Gasteiger partial charge >= 0.3 is 11.9 Å². The summed E-state index contributed by atoms with van der Waals surface area (Å²) in [6, 6.07) is 0. The highest BCUT2D eigenvalue weighted by molar-refractivity contribution is 7.82. The second-order valence-electron chi connectivity index (χ2n) is 3.08. The molecule has 1 aromatic heterocycles. The lowest BCUT2D eigenvalue weighted by molar-refractivity contribution is 0.0531. The SMILES string of the molecule is CCOC(=O)c1sc(NS)c(C(=O)OC)c1C. The zero-order valence-corrected chi connectivity index (χ0v) is 11.4. The Morgan fingerprint density at radius 3 is 2.53 bits per heavy atom. The van der Waals surface area contributed by atoms with E-state index in [2.05, 4.69) is 22.3 Å². The van der Waals surface area contributed by atoms with Crippen LogP contribution in [-0.2, 0) is 9.47 Å². The Bertz CT molecular complexity index is 442. The average Bonchev–Trinajstić information content (AvgIpc) is 2.65. The molecular weight excluding hydrogens is 262 g/mol. The average molecular weight is 275 g/mol. The van der Waals surface area contributed by atoms with Crippen LogP contribution in [0.2, 0.25) is 0 Å². The van der Waals surface area contributed by atoms with E-state index in [1.165, 1.54) is 7.11 Å². The fraction of sp³-hybridized carbons (Fsp3) is 0.400. The lowest BCUT2D eigenvalue weighted by Crippen LogP contribution is -2.07. The van der Waals surface area contributed by atoms with E-state index in [1.807, 2.05) is 0 Å². The predicted molar refractivity (Wildman–Crippen MR) is 69.0 cm³/mol. The van der Waals surface area contributed by atoms with E-state index < -0.39 is 11.9 Å². The van der Waals surface area contributed by atoms with E-state index in [0.29, 0.717) is 21.0 Å². The number of carbonyl (C=O) groups excluding carboxylic acids is 2. The Kier molecular flexibility index (Phi) is 4.83. The molecule has 0 saturated carbocycles. The first-order valence-corrected chi connectivity index (χ1v) is 6.12. The number of hydrogen-bond acceptors (Lipinski definition) is 7. The van der Waals surface area contributed by atoms with Crippen molar-refractivity contribution >= 4 is 41.1 Å². The molecule has 94 valence electrons. The molecule has 5 nitrogen and oxygen atoms in total. The van der Waals surface area contributed by atoms with Gasteiger partial charge in [-0.05, 0) is 19.4 Å². The van der Waals surface area contributed by atoms with E-state index in [0.717, 1.165) is 11.3 Å². The summed E-state index contributed by atoms with van der Waals surface area (Å²) in [6.45, 7) is 3.68. The first-order valence-electron chi connectivity index (χ1n) is 4.85. The zero-order valence-electron chi connectivity index (χ0n) is 9.70. The highest BCUT2D eigenvalue weighted by atomic mass is 32.1. The van der Waals surface area contributed by atoms with Crippen LogP contribution in [0.1, 0.15) is 32.5 Å². The van der Waals surface area contributed by atoms with E-state index in [1.54, 1.807) is 13.8 Å². The molecule has 0 aromatic carbocycles. The molecule has 0 bridgehead atoms. The molecule has 1 rings (SSSR count). The molecule has 7 heteroatoms. The number of methoxy groups -OCH3 is 1. The second-order valence-corrected chi connectivity index (χ2v) is 4.33. The van der Waals surface area contributed by atoms with Crippen molar-refractivity contribution in [2.24, 2.45) is 0 Å². The predicted octanol–water partition coefficient (Wildman–Crippen LogP) is 2.28. The van der Waals surface area contributed by atoms with Crippen LogP contribution in [0.25, 0.3) is 0 Å². The highest BCUT2D eigenvalue weighted by Gasteiger charge is 2.25. The van der Waals surface area contributed by atoms with E-state index >= 15 is 0 Å². The van der Waals surface area contributed by atoms with Gasteiger partial charge in [-0.3, -0.25) is 0 Å². The molecule has 0 aliphatic heterocycles. The van der Waals surface area contributed by atoms with Gasteiger partial charge in [-0.2, -0.15) is 0 Å². The molecular formula is C10H13NO4S2. The Balaban J connectivity index is 3.23. The summed E-state index contributed by atoms with van der Waals surface area (Å²) >= 11 is 5.01. The molecule has 0 fully saturated rings. The lowest BCUT2D eigenvalue weighted by atomic mass is 10.1. The summed E-state index contributed by atoms with van der Waals surface area (Å²) < 4.78 is 12.1. The number of ether oxygens (including phenoxy) is 2. The van der Waals surface area contributed by atoms with Crippen LogP contribution in [0.5, 0.6) is 0 Å². The number of thiophene rings is 1. The van der Waals surface area contributed by atoms with Crippen LogP contribution >= 0.6 is 24.2 Å². The van der Waals surface area contributed by atoms with Crippen LogP contribution in [0.3, 0.4) is 0 Å². The summed E-state index contributed by atoms with van der Waals surface area (Å²) in [5.41, 5.74) is 0.854. The summed E-state index contributed by atoms with van der Waals surface area (Å²) in [5.74, 6) is -0.958. The van der Waals surface area contributed by atoms with Gasteiger partial charge in [-0.15, -0.1) is 11.3 Å². The maximum Gasteiger partial charge on any atom is 0.348 e. The van der Waals surface area contributed by atoms with Gasteiger partial charge < -0.3 is 14.2 Å². The van der Waals surface area contributed by atoms with Crippen LogP contribution < -0.4 is 4.72 Å². The maximum atomic E-state index is 11.6. The van der Waals surface area contributed by atoms with Crippen molar-refractivity contribution in [1.29, 1.82) is 0 Å². The molecule has 17 heavy (non-hydrogen) atoms. The van der Waals surface area contributed by atoms with Gasteiger partial charge in [-0.1, -0.05) is 12.8 Å². The minimum absolute atomic E-state index is 0.285. The fourth-order valence-electron chi connectivity index (χ4n) is 1.33. The van der Waals surface area contributed by atoms with Crippen molar-refractivity contribution in [3.63, 3.8) is 0 Å². The summed E-state index contributed by atoms with van der Waals surface area (Å²) in [7, 11) is 1.28. The Labute approximate surface area is 109 Å². The minimum atomic E-state index is -0.508. The van der Waals surface area contributed by atoms with Crippen molar-refractivity contribution in [2.75, 3.05) is 18.4 Å². The van der Waals surface area contributed by atoms with Gasteiger partial charge in [0.05, 0.1) is 19.3 Å². The van der Waals surface area contributed by atoms with Gasteiger partial charge in [0.2, 0.25) is 0 Å². The number of thiol groups is 1. The molecule has 0 spiro atoms. The minimum Gasteiger partial charge on any atom is -0.465 e. The van der Waals surface area contributed by atoms with Crippen LogP contribution in [0.4, 0.5) is 5.00 Å². The summed E-state index contributed by atoms with van der Waals surface area (Å²) in [5, 5.41) is 0.473. The molecule has 0 unspecified atom stereocenters. The first kappa shape index (κ1) is 13.9. The number of rotatable bonds is 4. The third-order valence-corrected chi connectivity index (χ3v) is 3.66. The third kappa shape index (κ3) is 2.73. The van der Waals surface area contributed by atoms with E-state index in [4.69, 9.17) is 4.74 Å². The van der Waals surface area contributed by atoms with Crippen molar-refractivity contribution in [3.8, 4) is 0 Å². The van der Waals surface area contributed by atoms with Gasteiger partial charge in [0, 0.05) is 0 Å². The van der Waals surface area contributed by atoms with Crippen molar-refractivity contribution < 1.29 is 19.1 Å². The Hall–Kier alpha value is -1.21. The number of hydrogen-bond donors (Lipinski definition) is 2. The Morgan fingerprint density at radius 1 is 1.41 bits per heavy atom. The molecule has 1 N–H and O–H groups in total. The molecule has 1 aromatic rings. The summed E-state index contributed by atoms with van der Waals surface area (Å²) in [6.07, 6.45) is 0. The largest absolute Gasteiger partial charge is 0.465 e. The molecule has 0 amide bonds. The number of nitrogens with one attached hydrogen (secondary N) is 1. The van der Waals surface area contributed by atoms with Gasteiger partial charge in [0.15, 0.2) is 0 Å². The fourth-order valence-corrected chi connectivity index (χ4v) is 2.57. The van der Waals surface area contributed by atoms with Crippen LogP contribution in [-0.4, -0.2) is 25.7 Å². The Morgan fingerprint density at radius 2 is 2.06 bits per heavy atom. The molecule has 0 aliphatic rings. The van der Waals surface area contributed by atoms with Crippen molar-refractivity contribution in [3.05, 3.63) is 16.0 Å². The second kappa shape index (κ2) is 5.92. The third-order valence-electron chi connectivity index (χ3n) is 2.10. The van der Waals surface area contributed by atoms with E-state index in [-0.39, 0.29) is 6.61 Å². The van der Waals surface area contributed by atoms with Crippen LogP contribution in [0, 0.1) is 6.92 Å². The van der Waals surface area contributed by atoms with Gasteiger partial charge in [0.25, 0.3) is 0 Å². The quantitative estimate of drug-likeness (QED) is 0.652. The monoisotopic (exact) mass is 275 g/mol. The summed E-state index contributed by atoms with van der Waals surface area (Å²) in [4.78, 5) is 23.6. The smallest absolute Gasteiger partial charge is 0.348 e. The molecule has 0 saturated heterocycles. The standard InChI is InChI=1S/C10H13NO4S2/c1-4-15-10(13)7-5(2)6(9(12)14-3)8(11-16)17-7/h11,16H,4H2,1-3H3. The van der Waals surface area contributed by atoms with Gasteiger partial charge in [-0.25, -0.2) is 9.59 Å². The molecule has 0 atom stereocenters. The highest BCUT2D eigenvalue weighted by Crippen LogP contribution is 2.34. The van der Waals surface area contributed by atoms with Crippen molar-refractivity contribution in [1.82, 2.24) is 0 Å². The van der Waals surface area contributed by atoms with Crippen molar-refractivity contribution in [2.45, 2.75) is 13.8 Å². The topological polar surface area (TPSA) is 64.6 Å². The first-order chi connectivity index (χ1) is 8.06. The molecule has 1 heterocycles. The lowest BCUT2D eigenvalue weighted by Gasteiger charge is -2.02.